The van der Waals surface area contributed by atoms with E-state index in [1.165, 1.54) is 0 Å². The summed E-state index contributed by atoms with van der Waals surface area (Å²) in [5, 5.41) is 2.34. The molecule has 1 aromatic carbocycles. The normalized spacial score (nSPS) is 12.4. The fourth-order valence-corrected chi connectivity index (χ4v) is 3.00. The first-order valence-corrected chi connectivity index (χ1v) is 9.43. The minimum absolute atomic E-state index is 0.322. The predicted molar refractivity (Wildman–Crippen MR) is 75.2 cm³/mol. The van der Waals surface area contributed by atoms with Crippen LogP contribution in [0.3, 0.4) is 0 Å². The first kappa shape index (κ1) is 11.3. The third-order valence-corrected chi connectivity index (χ3v) is 4.75. The van der Waals surface area contributed by atoms with Crippen LogP contribution in [0.25, 0.3) is 21.9 Å². The van der Waals surface area contributed by atoms with Crippen molar-refractivity contribution in [3.05, 3.63) is 40.8 Å². The second kappa shape index (κ2) is 3.59. The average Bonchev–Trinajstić information content (AvgIpc) is 2.74. The zero-order valence-corrected chi connectivity index (χ0v) is 11.6. The first-order valence-electron chi connectivity index (χ1n) is 5.93. The van der Waals surface area contributed by atoms with Gasteiger partial charge >= 0.3 is 5.63 Å². The molecule has 0 saturated carbocycles. The Morgan fingerprint density at radius 2 is 1.72 bits per heavy atom. The molecular formula is C14H14O3Si. The molecule has 18 heavy (non-hydrogen) atoms. The van der Waals surface area contributed by atoms with E-state index < -0.39 is 8.07 Å². The average molecular weight is 258 g/mol. The van der Waals surface area contributed by atoms with Gasteiger partial charge in [0.25, 0.3) is 0 Å². The van der Waals surface area contributed by atoms with Crippen LogP contribution in [-0.2, 0) is 0 Å². The van der Waals surface area contributed by atoms with Crippen molar-refractivity contribution >= 4 is 35.4 Å². The Morgan fingerprint density at radius 3 is 2.44 bits per heavy atom. The molecule has 0 atom stereocenters. The van der Waals surface area contributed by atoms with E-state index in [9.17, 15) is 4.79 Å². The predicted octanol–water partition coefficient (Wildman–Crippen LogP) is 3.08. The fourth-order valence-electron chi connectivity index (χ4n) is 2.01. The van der Waals surface area contributed by atoms with Gasteiger partial charge in [-0.25, -0.2) is 4.79 Å². The molecule has 0 N–H and O–H groups in total. The van der Waals surface area contributed by atoms with Gasteiger partial charge in [0.05, 0.1) is 10.8 Å². The molecule has 4 heteroatoms. The number of furan rings is 1. The molecule has 3 aromatic rings. The maximum atomic E-state index is 11.9. The Kier molecular flexibility index (Phi) is 2.25. The molecule has 0 amide bonds. The summed E-state index contributed by atoms with van der Waals surface area (Å²) in [4.78, 5) is 11.9. The first-order chi connectivity index (χ1) is 8.47. The summed E-state index contributed by atoms with van der Waals surface area (Å²) in [7, 11) is -1.57. The maximum Gasteiger partial charge on any atom is 0.347 e. The highest BCUT2D eigenvalue weighted by Gasteiger charge is 2.23. The van der Waals surface area contributed by atoms with Crippen molar-refractivity contribution in [1.82, 2.24) is 0 Å². The Bertz CT molecular complexity index is 790. The van der Waals surface area contributed by atoms with Crippen LogP contribution in [0, 0.1) is 0 Å². The fraction of sp³-hybridized carbons (Fsp3) is 0.214. The van der Waals surface area contributed by atoms with Gasteiger partial charge in [-0.3, -0.25) is 0 Å². The number of fused-ring (bicyclic) bond motifs is 3. The zero-order chi connectivity index (χ0) is 12.9. The largest absolute Gasteiger partial charge is 0.465 e. The third-order valence-electron chi connectivity index (χ3n) is 3.03. The summed E-state index contributed by atoms with van der Waals surface area (Å²) >= 11 is 0. The smallest absolute Gasteiger partial charge is 0.347 e. The number of para-hydroxylation sites is 1. The van der Waals surface area contributed by atoms with Crippen molar-refractivity contribution in [3.63, 3.8) is 0 Å². The number of hydrogen-bond acceptors (Lipinski definition) is 3. The third kappa shape index (κ3) is 1.61. The summed E-state index contributed by atoms with van der Waals surface area (Å²) in [5.41, 5.74) is 0.905. The van der Waals surface area contributed by atoms with E-state index in [4.69, 9.17) is 8.83 Å². The summed E-state index contributed by atoms with van der Waals surface area (Å²) in [5.74, 6) is 0. The van der Waals surface area contributed by atoms with Gasteiger partial charge in [0.2, 0.25) is 0 Å². The van der Waals surface area contributed by atoms with Crippen molar-refractivity contribution in [2.45, 2.75) is 19.6 Å². The van der Waals surface area contributed by atoms with Crippen LogP contribution in [0.2, 0.25) is 19.6 Å². The molecule has 92 valence electrons. The second-order valence-corrected chi connectivity index (χ2v) is 10.5. The lowest BCUT2D eigenvalue weighted by Gasteiger charge is -2.10. The molecule has 0 aliphatic rings. The minimum Gasteiger partial charge on any atom is -0.465 e. The molecule has 0 bridgehead atoms. The molecule has 0 unspecified atom stereocenters. The Morgan fingerprint density at radius 1 is 1.00 bits per heavy atom. The van der Waals surface area contributed by atoms with Crippen LogP contribution in [0.15, 0.2) is 44.0 Å². The quantitative estimate of drug-likeness (QED) is 0.497. The Hall–Kier alpha value is -1.81. The molecule has 0 spiro atoms. The monoisotopic (exact) mass is 258 g/mol. The number of rotatable bonds is 1. The van der Waals surface area contributed by atoms with Crippen LogP contribution in [0.4, 0.5) is 0 Å². The Labute approximate surface area is 105 Å². The van der Waals surface area contributed by atoms with Crippen molar-refractivity contribution in [2.24, 2.45) is 0 Å². The molecule has 0 aliphatic carbocycles. The van der Waals surface area contributed by atoms with Gasteiger partial charge in [-0.1, -0.05) is 31.8 Å². The van der Waals surface area contributed by atoms with Crippen LogP contribution < -0.4 is 11.0 Å². The van der Waals surface area contributed by atoms with Crippen LogP contribution >= 0.6 is 0 Å². The van der Waals surface area contributed by atoms with Crippen molar-refractivity contribution in [3.8, 4) is 0 Å². The van der Waals surface area contributed by atoms with Gasteiger partial charge in [0.15, 0.2) is 5.58 Å². The van der Waals surface area contributed by atoms with Crippen molar-refractivity contribution in [2.75, 3.05) is 0 Å². The number of benzene rings is 1. The summed E-state index contributed by atoms with van der Waals surface area (Å²) < 4.78 is 11.2. The van der Waals surface area contributed by atoms with Crippen LogP contribution in [0.1, 0.15) is 0 Å². The van der Waals surface area contributed by atoms with Crippen molar-refractivity contribution < 1.29 is 8.83 Å². The van der Waals surface area contributed by atoms with Gasteiger partial charge in [-0.2, -0.15) is 0 Å². The lowest BCUT2D eigenvalue weighted by molar-refractivity contribution is 0.566. The molecule has 3 nitrogen and oxygen atoms in total. The van der Waals surface area contributed by atoms with Gasteiger partial charge in [-0.05, 0) is 18.2 Å². The summed E-state index contributed by atoms with van der Waals surface area (Å²) in [6.45, 7) is 6.57. The van der Waals surface area contributed by atoms with E-state index in [1.54, 1.807) is 6.07 Å². The van der Waals surface area contributed by atoms with E-state index in [1.807, 2.05) is 24.3 Å². The lowest BCUT2D eigenvalue weighted by atomic mass is 10.2. The number of hydrogen-bond donors (Lipinski definition) is 0. The minimum atomic E-state index is -1.57. The molecule has 0 aliphatic heterocycles. The van der Waals surface area contributed by atoms with Gasteiger partial charge < -0.3 is 8.83 Å². The highest BCUT2D eigenvalue weighted by atomic mass is 28.3. The van der Waals surface area contributed by atoms with E-state index in [0.29, 0.717) is 16.6 Å². The van der Waals surface area contributed by atoms with E-state index in [-0.39, 0.29) is 5.63 Å². The highest BCUT2D eigenvalue weighted by Crippen LogP contribution is 2.23. The highest BCUT2D eigenvalue weighted by molar-refractivity contribution is 6.87. The van der Waals surface area contributed by atoms with Crippen LogP contribution in [0.5, 0.6) is 0 Å². The standard InChI is InChI=1S/C14H14O3Si/c1-18(2,3)12-8-10-13(17-12)9-6-4-5-7-11(9)16-14(10)15/h4-8H,1-3H3. The summed E-state index contributed by atoms with van der Waals surface area (Å²) in [6, 6.07) is 9.31. The van der Waals surface area contributed by atoms with Crippen molar-refractivity contribution in [1.29, 1.82) is 0 Å². The Balaban J connectivity index is 2.49. The van der Waals surface area contributed by atoms with Gasteiger partial charge in [-0.15, -0.1) is 0 Å². The molecule has 0 saturated heterocycles. The molecule has 0 fully saturated rings. The van der Waals surface area contributed by atoms with E-state index in [2.05, 4.69) is 19.6 Å². The lowest BCUT2D eigenvalue weighted by Crippen LogP contribution is -2.36. The summed E-state index contributed by atoms with van der Waals surface area (Å²) in [6.07, 6.45) is 0. The SMILES string of the molecule is C[Si](C)(C)c1cc2c(=O)oc3ccccc3c2o1. The molecule has 3 rings (SSSR count). The molecule has 0 radical (unpaired) electrons. The van der Waals surface area contributed by atoms with Gasteiger partial charge in [0.1, 0.15) is 19.0 Å². The molecule has 2 heterocycles. The zero-order valence-electron chi connectivity index (χ0n) is 10.6. The van der Waals surface area contributed by atoms with Crippen LogP contribution in [-0.4, -0.2) is 8.07 Å². The second-order valence-electron chi connectivity index (χ2n) is 5.49. The molecular weight excluding hydrogens is 244 g/mol. The molecule has 2 aromatic heterocycles. The maximum absolute atomic E-state index is 11.9. The van der Waals surface area contributed by atoms with Gasteiger partial charge in [0, 0.05) is 0 Å². The topological polar surface area (TPSA) is 43.4 Å². The van der Waals surface area contributed by atoms with E-state index in [0.717, 1.165) is 10.8 Å². The van der Waals surface area contributed by atoms with E-state index >= 15 is 0 Å².